The summed E-state index contributed by atoms with van der Waals surface area (Å²) in [5, 5.41) is 0.317. The maximum Gasteiger partial charge on any atom is 0.320 e. The molecule has 14 heteroatoms. The molecule has 3 aliphatic heterocycles. The number of nitrogen functional groups attached to an aromatic ring is 1. The first-order valence-corrected chi connectivity index (χ1v) is 15.0. The van der Waals surface area contributed by atoms with Crippen LogP contribution in [0.5, 0.6) is 11.9 Å². The highest BCUT2D eigenvalue weighted by atomic mass is 35.5. The Morgan fingerprint density at radius 1 is 1.23 bits per heavy atom. The Labute approximate surface area is 253 Å². The lowest BCUT2D eigenvalue weighted by Gasteiger charge is -2.38. The van der Waals surface area contributed by atoms with Crippen molar-refractivity contribution < 1.29 is 27.4 Å². The van der Waals surface area contributed by atoms with Gasteiger partial charge in [0, 0.05) is 24.1 Å². The number of benzene rings is 2. The number of rotatable bonds is 7. The first kappa shape index (κ1) is 28.1. The Morgan fingerprint density at radius 2 is 2.05 bits per heavy atom. The van der Waals surface area contributed by atoms with Crippen LogP contribution in [0.3, 0.4) is 0 Å². The summed E-state index contributed by atoms with van der Waals surface area (Å²) in [7, 11) is 0. The summed E-state index contributed by atoms with van der Waals surface area (Å²) >= 11 is 7.60. The predicted octanol–water partition coefficient (Wildman–Crippen LogP) is 5.15. The molecule has 0 unspecified atom stereocenters. The van der Waals surface area contributed by atoms with Crippen molar-refractivity contribution in [3.8, 4) is 23.0 Å². The molecule has 0 spiro atoms. The van der Waals surface area contributed by atoms with Gasteiger partial charge in [0.15, 0.2) is 10.9 Å². The normalized spacial score (nSPS) is 22.2. The third-order valence-electron chi connectivity index (χ3n) is 8.45. The van der Waals surface area contributed by atoms with Crippen molar-refractivity contribution in [2.24, 2.45) is 0 Å². The molecule has 0 bridgehead atoms. The first-order chi connectivity index (χ1) is 20.7. The van der Waals surface area contributed by atoms with E-state index in [0.29, 0.717) is 13.0 Å². The second-order valence-corrected chi connectivity index (χ2v) is 12.6. The molecular weight excluding hydrogens is 605 g/mol. The molecule has 0 radical (unpaired) electrons. The number of alkyl halides is 1. The van der Waals surface area contributed by atoms with E-state index in [0.717, 1.165) is 30.7 Å². The van der Waals surface area contributed by atoms with Crippen LogP contribution in [-0.4, -0.2) is 81.3 Å². The van der Waals surface area contributed by atoms with Crippen molar-refractivity contribution in [2.75, 3.05) is 38.5 Å². The summed E-state index contributed by atoms with van der Waals surface area (Å²) in [6.07, 6.45) is 1.88. The van der Waals surface area contributed by atoms with E-state index in [1.54, 1.807) is 4.90 Å². The van der Waals surface area contributed by atoms with Crippen LogP contribution in [0, 0.1) is 11.6 Å². The molecule has 43 heavy (non-hydrogen) atoms. The molecule has 0 aliphatic carbocycles. The van der Waals surface area contributed by atoms with Gasteiger partial charge >= 0.3 is 6.01 Å². The van der Waals surface area contributed by atoms with Gasteiger partial charge in [0.25, 0.3) is 0 Å². The summed E-state index contributed by atoms with van der Waals surface area (Å²) in [6, 6.07) is 3.94. The SMILES string of the molecule is C=CC(=O)N1CC(Oc2nc(OC[C@@]34CCCN3C[C@H](F)C4)nc3c(F)c(-c4ccc(F)c5sc(N)nc45)c(Cl)cc23)C1. The number of amides is 1. The minimum Gasteiger partial charge on any atom is -0.470 e. The standard InChI is InChI=1S/C29H26ClF3N6O3S/c1-2-20(40)38-11-15(12-38)42-26-17-8-18(30)21(16-4-5-19(32)25-24(16)35-27(34)43-25)22(33)23(17)36-28(37-26)41-13-29-6-3-7-39(29)10-14(31)9-29/h2,4-5,8,14-15H,1,3,6-7,9-13H2,(H2,34,35)/t14-,29+/m1/s1. The first-order valence-electron chi connectivity index (χ1n) is 13.8. The summed E-state index contributed by atoms with van der Waals surface area (Å²) in [6.45, 7) is 5.33. The highest BCUT2D eigenvalue weighted by molar-refractivity contribution is 7.22. The zero-order valence-electron chi connectivity index (χ0n) is 22.8. The predicted molar refractivity (Wildman–Crippen MR) is 157 cm³/mol. The molecule has 2 aromatic heterocycles. The van der Waals surface area contributed by atoms with Crippen molar-refractivity contribution in [2.45, 2.75) is 37.1 Å². The van der Waals surface area contributed by atoms with Gasteiger partial charge in [-0.3, -0.25) is 9.69 Å². The van der Waals surface area contributed by atoms with Crippen LogP contribution in [-0.2, 0) is 4.79 Å². The van der Waals surface area contributed by atoms with Gasteiger partial charge in [0.2, 0.25) is 11.8 Å². The minimum absolute atomic E-state index is 0.00380. The molecule has 2 aromatic carbocycles. The van der Waals surface area contributed by atoms with Gasteiger partial charge in [0.1, 0.15) is 30.2 Å². The number of thiazole rings is 1. The number of ether oxygens (including phenoxy) is 2. The number of likely N-dealkylation sites (tertiary alicyclic amines) is 1. The number of nitrogens with zero attached hydrogens (tertiary/aromatic N) is 5. The zero-order chi connectivity index (χ0) is 30.0. The maximum absolute atomic E-state index is 16.5. The Kier molecular flexibility index (Phi) is 6.86. The van der Waals surface area contributed by atoms with Crippen molar-refractivity contribution in [3.63, 3.8) is 0 Å². The van der Waals surface area contributed by atoms with Crippen molar-refractivity contribution in [1.82, 2.24) is 24.8 Å². The van der Waals surface area contributed by atoms with Gasteiger partial charge in [-0.1, -0.05) is 29.5 Å². The fraction of sp³-hybridized carbons (Fsp3) is 0.379. The third-order valence-corrected chi connectivity index (χ3v) is 9.64. The van der Waals surface area contributed by atoms with E-state index in [1.165, 1.54) is 24.3 Å². The van der Waals surface area contributed by atoms with Gasteiger partial charge in [-0.2, -0.15) is 9.97 Å². The Morgan fingerprint density at radius 3 is 2.84 bits per heavy atom. The average Bonchev–Trinajstić information content (AvgIpc) is 3.62. The Balaban J connectivity index is 1.31. The van der Waals surface area contributed by atoms with Gasteiger partial charge in [-0.25, -0.2) is 18.2 Å². The largest absolute Gasteiger partial charge is 0.470 e. The fourth-order valence-corrected chi connectivity index (χ4v) is 7.43. The van der Waals surface area contributed by atoms with Crippen LogP contribution < -0.4 is 15.2 Å². The van der Waals surface area contributed by atoms with E-state index < -0.39 is 29.4 Å². The van der Waals surface area contributed by atoms with Crippen molar-refractivity contribution in [3.05, 3.63) is 47.5 Å². The topological polar surface area (TPSA) is 107 Å². The lowest BCUT2D eigenvalue weighted by atomic mass is 9.95. The molecule has 3 fully saturated rings. The summed E-state index contributed by atoms with van der Waals surface area (Å²) < 4.78 is 57.7. The maximum atomic E-state index is 16.5. The average molecular weight is 631 g/mol. The fourth-order valence-electron chi connectivity index (χ4n) is 6.37. The number of carbonyl (C=O) groups is 1. The quantitative estimate of drug-likeness (QED) is 0.280. The number of halogens is 4. The van der Waals surface area contributed by atoms with E-state index in [-0.39, 0.29) is 79.9 Å². The number of hydrogen-bond acceptors (Lipinski definition) is 9. The van der Waals surface area contributed by atoms with Crippen molar-refractivity contribution in [1.29, 1.82) is 0 Å². The van der Waals surface area contributed by atoms with Gasteiger partial charge in [-0.05, 0) is 43.7 Å². The molecule has 3 aliphatic rings. The van der Waals surface area contributed by atoms with Crippen LogP contribution in [0.15, 0.2) is 30.9 Å². The number of fused-ring (bicyclic) bond motifs is 3. The van der Waals surface area contributed by atoms with E-state index in [9.17, 15) is 13.6 Å². The lowest BCUT2D eigenvalue weighted by Crippen LogP contribution is -2.55. The van der Waals surface area contributed by atoms with Crippen molar-refractivity contribution >= 4 is 55.1 Å². The number of carbonyl (C=O) groups excluding carboxylic acids is 1. The van der Waals surface area contributed by atoms with Crippen LogP contribution >= 0.6 is 22.9 Å². The van der Waals surface area contributed by atoms with Crippen LogP contribution in [0.2, 0.25) is 5.02 Å². The van der Waals surface area contributed by atoms with E-state index in [1.807, 2.05) is 0 Å². The Bertz CT molecular complexity index is 1800. The Hall–Kier alpha value is -3.68. The number of nitrogens with two attached hydrogens (primary N) is 1. The summed E-state index contributed by atoms with van der Waals surface area (Å²) in [4.78, 5) is 28.7. The summed E-state index contributed by atoms with van der Waals surface area (Å²) in [5.74, 6) is -1.54. The smallest absolute Gasteiger partial charge is 0.320 e. The molecule has 2 N–H and O–H groups in total. The molecule has 4 aromatic rings. The minimum atomic E-state index is -0.949. The molecule has 0 saturated carbocycles. The molecule has 2 atom stereocenters. The lowest BCUT2D eigenvalue weighted by molar-refractivity contribution is -0.134. The van der Waals surface area contributed by atoms with Crippen LogP contribution in [0.25, 0.3) is 32.2 Å². The van der Waals surface area contributed by atoms with E-state index in [2.05, 4.69) is 26.4 Å². The molecule has 1 amide bonds. The van der Waals surface area contributed by atoms with Crippen LogP contribution in [0.4, 0.5) is 18.3 Å². The van der Waals surface area contributed by atoms with Gasteiger partial charge in [0.05, 0.1) is 39.3 Å². The van der Waals surface area contributed by atoms with E-state index >= 15 is 4.39 Å². The number of anilines is 1. The van der Waals surface area contributed by atoms with E-state index in [4.69, 9.17) is 26.8 Å². The molecule has 224 valence electrons. The third kappa shape index (κ3) is 4.74. The molecule has 7 rings (SSSR count). The second-order valence-electron chi connectivity index (χ2n) is 11.1. The zero-order valence-corrected chi connectivity index (χ0v) is 24.4. The molecular formula is C29H26ClF3N6O3S. The monoisotopic (exact) mass is 630 g/mol. The molecule has 3 saturated heterocycles. The molecule has 5 heterocycles. The number of aromatic nitrogens is 3. The highest BCUT2D eigenvalue weighted by Crippen LogP contribution is 2.44. The molecule has 9 nitrogen and oxygen atoms in total. The van der Waals surface area contributed by atoms with Gasteiger partial charge in [-0.15, -0.1) is 0 Å². The highest BCUT2D eigenvalue weighted by Gasteiger charge is 2.49. The van der Waals surface area contributed by atoms with Crippen LogP contribution in [0.1, 0.15) is 19.3 Å². The number of hydrogen-bond donors (Lipinski definition) is 1. The van der Waals surface area contributed by atoms with Gasteiger partial charge < -0.3 is 20.1 Å². The summed E-state index contributed by atoms with van der Waals surface area (Å²) in [5.41, 5.74) is 5.62. The second kappa shape index (κ2) is 10.5.